The summed E-state index contributed by atoms with van der Waals surface area (Å²) in [6.45, 7) is 4.91. The zero-order valence-corrected chi connectivity index (χ0v) is 14.5. The molecule has 6 heteroatoms. The predicted molar refractivity (Wildman–Crippen MR) is 93.8 cm³/mol. The Hall–Kier alpha value is -1.79. The number of nitrogens with zero attached hydrogens (tertiary/aromatic N) is 4. The molecule has 4 rings (SSSR count). The van der Waals surface area contributed by atoms with Crippen molar-refractivity contribution in [2.45, 2.75) is 25.8 Å². The topological polar surface area (TPSA) is 49.3 Å². The number of likely N-dealkylation sites (tertiary alicyclic amines) is 2. The van der Waals surface area contributed by atoms with Crippen molar-refractivity contribution in [1.82, 2.24) is 19.4 Å². The van der Waals surface area contributed by atoms with Crippen molar-refractivity contribution in [3.05, 3.63) is 47.0 Å². The van der Waals surface area contributed by atoms with E-state index < -0.39 is 0 Å². The molecule has 1 atom stereocenters. The maximum atomic E-state index is 12.6. The standard InChI is InChI=1S/C18H22N4OS/c23-17(16-12-24-20-19-16)22-9-4-7-18(14-22)8-10-21(13-18)11-15-5-2-1-3-6-15/h1-3,5-6,12H,4,7-11,13-14H2/t18-/m0/s1. The second-order valence-electron chi connectivity index (χ2n) is 7.07. The Morgan fingerprint density at radius 3 is 2.83 bits per heavy atom. The first-order valence-corrected chi connectivity index (χ1v) is 9.40. The number of aromatic nitrogens is 2. The minimum atomic E-state index is 0.0457. The van der Waals surface area contributed by atoms with Crippen LogP contribution in [0.15, 0.2) is 35.7 Å². The molecule has 2 aliphatic rings. The first-order chi connectivity index (χ1) is 11.7. The third-order valence-corrected chi connectivity index (χ3v) is 5.80. The summed E-state index contributed by atoms with van der Waals surface area (Å²) in [5.74, 6) is 0.0457. The molecule has 3 heterocycles. The van der Waals surface area contributed by atoms with Gasteiger partial charge in [0.05, 0.1) is 0 Å². The van der Waals surface area contributed by atoms with Crippen LogP contribution in [-0.2, 0) is 6.54 Å². The van der Waals surface area contributed by atoms with Crippen LogP contribution < -0.4 is 0 Å². The van der Waals surface area contributed by atoms with E-state index in [-0.39, 0.29) is 11.3 Å². The molecule has 2 aliphatic heterocycles. The average molecular weight is 342 g/mol. The molecule has 126 valence electrons. The maximum absolute atomic E-state index is 12.6. The van der Waals surface area contributed by atoms with E-state index in [1.165, 1.54) is 29.9 Å². The van der Waals surface area contributed by atoms with Crippen LogP contribution in [-0.4, -0.2) is 51.5 Å². The van der Waals surface area contributed by atoms with Crippen LogP contribution in [0.5, 0.6) is 0 Å². The highest BCUT2D eigenvalue weighted by molar-refractivity contribution is 7.03. The molecule has 0 bridgehead atoms. The van der Waals surface area contributed by atoms with Crippen LogP contribution >= 0.6 is 11.5 Å². The first-order valence-electron chi connectivity index (χ1n) is 8.57. The van der Waals surface area contributed by atoms with E-state index in [0.29, 0.717) is 5.69 Å². The number of amides is 1. The van der Waals surface area contributed by atoms with E-state index in [4.69, 9.17) is 0 Å². The van der Waals surface area contributed by atoms with Crippen LogP contribution in [0, 0.1) is 5.41 Å². The lowest BCUT2D eigenvalue weighted by atomic mass is 9.79. The second-order valence-corrected chi connectivity index (χ2v) is 7.68. The normalized spacial score (nSPS) is 24.6. The molecule has 2 aromatic rings. The largest absolute Gasteiger partial charge is 0.337 e. The lowest BCUT2D eigenvalue weighted by Crippen LogP contribution is -2.47. The summed E-state index contributed by atoms with van der Waals surface area (Å²) >= 11 is 1.24. The molecular formula is C18H22N4OS. The molecule has 1 aromatic heterocycles. The fraction of sp³-hybridized carbons (Fsp3) is 0.500. The highest BCUT2D eigenvalue weighted by Crippen LogP contribution is 2.39. The summed E-state index contributed by atoms with van der Waals surface area (Å²) in [6, 6.07) is 10.6. The number of carbonyl (C=O) groups is 1. The van der Waals surface area contributed by atoms with Crippen LogP contribution in [0.1, 0.15) is 35.3 Å². The van der Waals surface area contributed by atoms with Crippen molar-refractivity contribution in [1.29, 1.82) is 0 Å². The smallest absolute Gasteiger partial charge is 0.275 e. The highest BCUT2D eigenvalue weighted by atomic mass is 32.1. The van der Waals surface area contributed by atoms with Crippen molar-refractivity contribution in [2.75, 3.05) is 26.2 Å². The van der Waals surface area contributed by atoms with Crippen molar-refractivity contribution in [2.24, 2.45) is 5.41 Å². The molecule has 0 radical (unpaired) electrons. The fourth-order valence-electron chi connectivity index (χ4n) is 4.14. The lowest BCUT2D eigenvalue weighted by Gasteiger charge is -2.40. The molecular weight excluding hydrogens is 320 g/mol. The monoisotopic (exact) mass is 342 g/mol. The summed E-state index contributed by atoms with van der Waals surface area (Å²) < 4.78 is 3.82. The zero-order valence-electron chi connectivity index (χ0n) is 13.7. The van der Waals surface area contributed by atoms with Crippen LogP contribution in [0.4, 0.5) is 0 Å². The van der Waals surface area contributed by atoms with Gasteiger partial charge in [0.1, 0.15) is 0 Å². The van der Waals surface area contributed by atoms with E-state index >= 15 is 0 Å². The molecule has 0 N–H and O–H groups in total. The summed E-state index contributed by atoms with van der Waals surface area (Å²) in [4.78, 5) is 17.1. The molecule has 1 spiro atoms. The number of benzene rings is 1. The number of carbonyl (C=O) groups excluding carboxylic acids is 1. The maximum Gasteiger partial charge on any atom is 0.275 e. The Balaban J connectivity index is 1.41. The summed E-state index contributed by atoms with van der Waals surface area (Å²) in [7, 11) is 0. The zero-order chi connectivity index (χ0) is 16.4. The van der Waals surface area contributed by atoms with E-state index in [1.54, 1.807) is 5.38 Å². The molecule has 0 aliphatic carbocycles. The quantitative estimate of drug-likeness (QED) is 0.860. The van der Waals surface area contributed by atoms with Gasteiger partial charge < -0.3 is 4.90 Å². The van der Waals surface area contributed by atoms with E-state index in [1.807, 2.05) is 4.90 Å². The van der Waals surface area contributed by atoms with E-state index in [0.717, 1.165) is 39.1 Å². The average Bonchev–Trinajstić information content (AvgIpc) is 3.26. The Morgan fingerprint density at radius 1 is 1.17 bits per heavy atom. The number of rotatable bonds is 3. The predicted octanol–water partition coefficient (Wildman–Crippen LogP) is 2.67. The van der Waals surface area contributed by atoms with Gasteiger partial charge in [0.2, 0.25) is 0 Å². The minimum Gasteiger partial charge on any atom is -0.337 e. The molecule has 2 fully saturated rings. The Bertz CT molecular complexity index is 690. The van der Waals surface area contributed by atoms with Crippen molar-refractivity contribution >= 4 is 17.4 Å². The van der Waals surface area contributed by atoms with Crippen molar-refractivity contribution in [3.63, 3.8) is 0 Å². The molecule has 1 aromatic carbocycles. The molecule has 5 nitrogen and oxygen atoms in total. The lowest BCUT2D eigenvalue weighted by molar-refractivity contribution is 0.0521. The molecule has 24 heavy (non-hydrogen) atoms. The summed E-state index contributed by atoms with van der Waals surface area (Å²) in [6.07, 6.45) is 3.48. The second kappa shape index (κ2) is 6.61. The Morgan fingerprint density at radius 2 is 2.04 bits per heavy atom. The van der Waals surface area contributed by atoms with E-state index in [9.17, 15) is 4.79 Å². The van der Waals surface area contributed by atoms with Gasteiger partial charge in [-0.05, 0) is 42.9 Å². The molecule has 1 amide bonds. The van der Waals surface area contributed by atoms with Gasteiger partial charge in [-0.15, -0.1) is 5.10 Å². The van der Waals surface area contributed by atoms with Gasteiger partial charge in [-0.2, -0.15) is 0 Å². The molecule has 0 unspecified atom stereocenters. The van der Waals surface area contributed by atoms with Gasteiger partial charge in [-0.1, -0.05) is 34.8 Å². The van der Waals surface area contributed by atoms with Gasteiger partial charge in [-0.3, -0.25) is 9.69 Å². The van der Waals surface area contributed by atoms with E-state index in [2.05, 4.69) is 44.8 Å². The SMILES string of the molecule is O=C(c1csnn1)N1CCC[C@@]2(CCN(Cc3ccccc3)C2)C1. The fourth-order valence-corrected chi connectivity index (χ4v) is 4.57. The van der Waals surface area contributed by atoms with Gasteiger partial charge in [-0.25, -0.2) is 0 Å². The Kier molecular flexibility index (Phi) is 4.33. The third kappa shape index (κ3) is 3.21. The number of hydrogen-bond donors (Lipinski definition) is 0. The van der Waals surface area contributed by atoms with Gasteiger partial charge in [0.15, 0.2) is 5.69 Å². The molecule has 2 saturated heterocycles. The Labute approximate surface area is 146 Å². The summed E-state index contributed by atoms with van der Waals surface area (Å²) in [5.41, 5.74) is 2.12. The minimum absolute atomic E-state index is 0.0457. The van der Waals surface area contributed by atoms with Crippen LogP contribution in [0.3, 0.4) is 0 Å². The highest BCUT2D eigenvalue weighted by Gasteiger charge is 2.42. The molecule has 0 saturated carbocycles. The third-order valence-electron chi connectivity index (χ3n) is 5.29. The number of hydrogen-bond acceptors (Lipinski definition) is 5. The van der Waals surface area contributed by atoms with Crippen LogP contribution in [0.25, 0.3) is 0 Å². The van der Waals surface area contributed by atoms with Crippen LogP contribution in [0.2, 0.25) is 0 Å². The summed E-state index contributed by atoms with van der Waals surface area (Å²) in [5, 5.41) is 5.69. The van der Waals surface area contributed by atoms with Gasteiger partial charge in [0.25, 0.3) is 5.91 Å². The first kappa shape index (κ1) is 15.7. The number of piperidine rings is 1. The van der Waals surface area contributed by atoms with Crippen molar-refractivity contribution < 1.29 is 4.79 Å². The van der Waals surface area contributed by atoms with Crippen molar-refractivity contribution in [3.8, 4) is 0 Å². The van der Waals surface area contributed by atoms with Gasteiger partial charge >= 0.3 is 0 Å². The van der Waals surface area contributed by atoms with Gasteiger partial charge in [0, 0.05) is 37.0 Å².